The third kappa shape index (κ3) is 4.32. The minimum Gasteiger partial charge on any atom is -0.465 e. The molecule has 2 saturated heterocycles. The maximum Gasteiger partial charge on any atom is 0.416 e. The normalized spacial score (nSPS) is 21.4. The van der Waals surface area contributed by atoms with Crippen molar-refractivity contribution in [3.8, 4) is 0 Å². The van der Waals surface area contributed by atoms with Crippen LogP contribution in [0.25, 0.3) is 0 Å². The molecule has 2 aliphatic rings. The van der Waals surface area contributed by atoms with Gasteiger partial charge in [-0.15, -0.1) is 0 Å². The van der Waals surface area contributed by atoms with E-state index in [1.165, 1.54) is 48.6 Å². The number of anilines is 2. The van der Waals surface area contributed by atoms with Crippen molar-refractivity contribution in [3.63, 3.8) is 0 Å². The number of carbonyl (C=O) groups excluding carboxylic acids is 3. The van der Waals surface area contributed by atoms with Crippen LogP contribution in [0.1, 0.15) is 27.5 Å². The van der Waals surface area contributed by atoms with Crippen LogP contribution >= 0.6 is 11.6 Å². The predicted molar refractivity (Wildman–Crippen MR) is 127 cm³/mol. The number of hydroxylamine groups is 1. The molecule has 0 bridgehead atoms. The molecule has 0 saturated carbocycles. The van der Waals surface area contributed by atoms with E-state index in [-0.39, 0.29) is 11.3 Å². The molecule has 7 nitrogen and oxygen atoms in total. The van der Waals surface area contributed by atoms with Crippen LogP contribution in [0.15, 0.2) is 72.8 Å². The van der Waals surface area contributed by atoms with E-state index < -0.39 is 47.6 Å². The third-order valence-electron chi connectivity index (χ3n) is 6.32. The fourth-order valence-electron chi connectivity index (χ4n) is 4.55. The topological polar surface area (TPSA) is 76.2 Å². The summed E-state index contributed by atoms with van der Waals surface area (Å²) >= 11 is 5.99. The minimum absolute atomic E-state index is 0.227. The van der Waals surface area contributed by atoms with Gasteiger partial charge in [-0.05, 0) is 66.2 Å². The molecule has 0 spiro atoms. The van der Waals surface area contributed by atoms with Crippen LogP contribution in [0.3, 0.4) is 0 Å². The monoisotopic (exact) mass is 530 g/mol. The zero-order valence-corrected chi connectivity index (χ0v) is 19.9. The molecule has 2 amide bonds. The summed E-state index contributed by atoms with van der Waals surface area (Å²) in [5.41, 5.74) is 0.451. The summed E-state index contributed by atoms with van der Waals surface area (Å²) < 4.78 is 44.2. The van der Waals surface area contributed by atoms with Gasteiger partial charge in [-0.1, -0.05) is 23.7 Å². The van der Waals surface area contributed by atoms with Crippen molar-refractivity contribution in [2.75, 3.05) is 17.1 Å². The number of fused-ring (bicyclic) bond motifs is 1. The van der Waals surface area contributed by atoms with Crippen LogP contribution in [0.2, 0.25) is 5.02 Å². The smallest absolute Gasteiger partial charge is 0.416 e. The molecule has 3 aromatic carbocycles. The maximum atomic E-state index is 13.6. The Morgan fingerprint density at radius 1 is 0.892 bits per heavy atom. The molecule has 37 heavy (non-hydrogen) atoms. The van der Waals surface area contributed by atoms with E-state index in [4.69, 9.17) is 16.4 Å². The number of benzene rings is 3. The average Bonchev–Trinajstić information content (AvgIpc) is 3.39. The summed E-state index contributed by atoms with van der Waals surface area (Å²) in [6, 6.07) is 15.6. The van der Waals surface area contributed by atoms with E-state index in [1.807, 2.05) is 0 Å². The molecular formula is C26H18ClF3N2O5. The van der Waals surface area contributed by atoms with E-state index >= 15 is 0 Å². The summed E-state index contributed by atoms with van der Waals surface area (Å²) in [7, 11) is 1.23. The van der Waals surface area contributed by atoms with Gasteiger partial charge >= 0.3 is 12.1 Å². The lowest BCUT2D eigenvalue weighted by Crippen LogP contribution is -2.37. The number of hydrogen-bond donors (Lipinski definition) is 0. The number of halogens is 4. The summed E-state index contributed by atoms with van der Waals surface area (Å²) in [4.78, 5) is 45.7. The minimum atomic E-state index is -4.53. The number of hydrogen-bond acceptors (Lipinski definition) is 6. The van der Waals surface area contributed by atoms with Gasteiger partial charge in [-0.2, -0.15) is 13.2 Å². The zero-order chi connectivity index (χ0) is 26.5. The molecular weight excluding hydrogens is 513 g/mol. The number of nitrogens with zero attached hydrogens (tertiary/aromatic N) is 2. The van der Waals surface area contributed by atoms with Crippen molar-refractivity contribution in [2.45, 2.75) is 18.3 Å². The summed E-state index contributed by atoms with van der Waals surface area (Å²) in [5, 5.41) is 1.81. The van der Waals surface area contributed by atoms with Crippen LogP contribution in [-0.2, 0) is 25.3 Å². The second-order valence-corrected chi connectivity index (χ2v) is 8.91. The highest BCUT2D eigenvalue weighted by Gasteiger charge is 2.60. The van der Waals surface area contributed by atoms with Gasteiger partial charge < -0.3 is 4.74 Å². The molecule has 0 aromatic heterocycles. The lowest BCUT2D eigenvalue weighted by Gasteiger charge is -2.29. The molecule has 0 radical (unpaired) electrons. The van der Waals surface area contributed by atoms with Crippen molar-refractivity contribution in [2.24, 2.45) is 5.92 Å². The number of alkyl halides is 3. The Hall–Kier alpha value is -3.89. The highest BCUT2D eigenvalue weighted by atomic mass is 35.5. The van der Waals surface area contributed by atoms with E-state index in [0.717, 1.165) is 17.0 Å². The molecule has 0 aliphatic carbocycles. The second-order valence-electron chi connectivity index (χ2n) is 8.47. The molecule has 11 heteroatoms. The van der Waals surface area contributed by atoms with Gasteiger partial charge in [0.1, 0.15) is 5.92 Å². The number of rotatable bonds is 4. The first kappa shape index (κ1) is 24.8. The highest BCUT2D eigenvalue weighted by Crippen LogP contribution is 2.48. The molecule has 3 atom stereocenters. The summed E-state index contributed by atoms with van der Waals surface area (Å²) in [5.74, 6) is -2.83. The van der Waals surface area contributed by atoms with Gasteiger partial charge in [0.2, 0.25) is 5.91 Å². The quantitative estimate of drug-likeness (QED) is 0.341. The van der Waals surface area contributed by atoms with Gasteiger partial charge in [0.15, 0.2) is 6.10 Å². The standard InChI is InChI=1S/C26H18ClF3N2O5/c1-36-25(35)15-4-10-18(11-5-15)31-23(33)20-21(14-2-6-16(7-3-14)26(28,29)30)32(37-22(20)24(31)34)19-12-8-17(27)9-13-19/h2-13,20-22H,1H3/t20-,21+,22+/m0/s1. The Balaban J connectivity index is 1.53. The molecule has 190 valence electrons. The van der Waals surface area contributed by atoms with Gasteiger partial charge in [0, 0.05) is 5.02 Å². The highest BCUT2D eigenvalue weighted by molar-refractivity contribution is 6.30. The van der Waals surface area contributed by atoms with Gasteiger partial charge in [0.05, 0.1) is 35.7 Å². The predicted octanol–water partition coefficient (Wildman–Crippen LogP) is 5.20. The fraction of sp³-hybridized carbons (Fsp3) is 0.192. The Labute approximate surface area is 213 Å². The molecule has 2 fully saturated rings. The van der Waals surface area contributed by atoms with Crippen LogP contribution < -0.4 is 9.96 Å². The second kappa shape index (κ2) is 9.20. The average molecular weight is 531 g/mol. The SMILES string of the molecule is COC(=O)c1ccc(N2C(=O)[C@H]3[C@@H](c4ccc(C(F)(F)F)cc4)N(c4ccc(Cl)cc4)O[C@H]3C2=O)cc1. The van der Waals surface area contributed by atoms with Crippen LogP contribution in [0, 0.1) is 5.92 Å². The lowest BCUT2D eigenvalue weighted by atomic mass is 9.90. The number of esters is 1. The lowest BCUT2D eigenvalue weighted by molar-refractivity contribution is -0.137. The third-order valence-corrected chi connectivity index (χ3v) is 6.57. The number of carbonyl (C=O) groups is 3. The van der Waals surface area contributed by atoms with Crippen molar-refractivity contribution in [1.29, 1.82) is 0 Å². The number of methoxy groups -OCH3 is 1. The van der Waals surface area contributed by atoms with Crippen LogP contribution in [0.4, 0.5) is 24.5 Å². The molecule has 3 aromatic rings. The first-order valence-electron chi connectivity index (χ1n) is 11.0. The van der Waals surface area contributed by atoms with Gasteiger partial charge in [-0.3, -0.25) is 14.4 Å². The van der Waals surface area contributed by atoms with Crippen molar-refractivity contribution >= 4 is 40.8 Å². The van der Waals surface area contributed by atoms with E-state index in [0.29, 0.717) is 16.3 Å². The summed E-state index contributed by atoms with van der Waals surface area (Å²) in [6.45, 7) is 0. The summed E-state index contributed by atoms with van der Waals surface area (Å²) in [6.07, 6.45) is -5.74. The van der Waals surface area contributed by atoms with E-state index in [9.17, 15) is 27.6 Å². The number of amides is 2. The van der Waals surface area contributed by atoms with E-state index in [2.05, 4.69) is 4.74 Å². The number of ether oxygens (including phenoxy) is 1. The Morgan fingerprint density at radius 3 is 2.05 bits per heavy atom. The fourth-order valence-corrected chi connectivity index (χ4v) is 4.68. The Morgan fingerprint density at radius 2 is 1.49 bits per heavy atom. The van der Waals surface area contributed by atoms with Gasteiger partial charge in [0.25, 0.3) is 5.91 Å². The van der Waals surface area contributed by atoms with Crippen molar-refractivity contribution in [1.82, 2.24) is 0 Å². The largest absolute Gasteiger partial charge is 0.465 e. The molecule has 5 rings (SSSR count). The van der Waals surface area contributed by atoms with Crippen molar-refractivity contribution in [3.05, 3.63) is 94.5 Å². The van der Waals surface area contributed by atoms with Gasteiger partial charge in [-0.25, -0.2) is 14.8 Å². The first-order valence-corrected chi connectivity index (χ1v) is 11.4. The van der Waals surface area contributed by atoms with Crippen LogP contribution in [0.5, 0.6) is 0 Å². The van der Waals surface area contributed by atoms with Crippen molar-refractivity contribution < 1.29 is 37.1 Å². The molecule has 2 heterocycles. The van der Waals surface area contributed by atoms with Crippen LogP contribution in [-0.4, -0.2) is 31.0 Å². The molecule has 0 N–H and O–H groups in total. The Kier molecular flexibility index (Phi) is 6.17. The first-order chi connectivity index (χ1) is 17.6. The Bertz CT molecular complexity index is 1360. The maximum absolute atomic E-state index is 13.6. The zero-order valence-electron chi connectivity index (χ0n) is 19.1. The number of imide groups is 1. The van der Waals surface area contributed by atoms with E-state index in [1.54, 1.807) is 24.3 Å². The molecule has 2 aliphatic heterocycles. The molecule has 0 unspecified atom stereocenters.